The first kappa shape index (κ1) is 8.59. The van der Waals surface area contributed by atoms with E-state index in [1.807, 2.05) is 19.2 Å². The van der Waals surface area contributed by atoms with E-state index in [1.54, 1.807) is 13.1 Å². The molecular formula is C9H12N2O. The Kier molecular flexibility index (Phi) is 2.69. The van der Waals surface area contributed by atoms with Crippen molar-refractivity contribution in [2.45, 2.75) is 0 Å². The molecule has 12 heavy (non-hydrogen) atoms. The Balaban J connectivity index is 3.10. The molecule has 0 aliphatic heterocycles. The first-order valence-electron chi connectivity index (χ1n) is 3.76. The molecule has 0 saturated heterocycles. The van der Waals surface area contributed by atoms with E-state index in [-0.39, 0.29) is 0 Å². The standard InChI is InChI=1S/C9H12N2O/c1-10-8-4-3-7(6-12)9(5-8)11-2/h3-6,10-11H,1-2H3. The van der Waals surface area contributed by atoms with Crippen LogP contribution in [0.3, 0.4) is 0 Å². The van der Waals surface area contributed by atoms with Gasteiger partial charge in [-0.25, -0.2) is 0 Å². The minimum atomic E-state index is 0.677. The number of rotatable bonds is 3. The first-order chi connectivity index (χ1) is 5.81. The van der Waals surface area contributed by atoms with Crippen LogP contribution in [-0.4, -0.2) is 20.4 Å². The minimum Gasteiger partial charge on any atom is -0.388 e. The minimum absolute atomic E-state index is 0.677. The highest BCUT2D eigenvalue weighted by Gasteiger charge is 1.99. The zero-order valence-electron chi connectivity index (χ0n) is 7.22. The van der Waals surface area contributed by atoms with Crippen LogP contribution in [0.15, 0.2) is 18.2 Å². The molecule has 0 fully saturated rings. The zero-order valence-corrected chi connectivity index (χ0v) is 7.22. The Morgan fingerprint density at radius 3 is 2.50 bits per heavy atom. The predicted molar refractivity (Wildman–Crippen MR) is 50.9 cm³/mol. The second-order valence-electron chi connectivity index (χ2n) is 2.42. The van der Waals surface area contributed by atoms with Gasteiger partial charge in [0.2, 0.25) is 0 Å². The van der Waals surface area contributed by atoms with E-state index in [0.29, 0.717) is 5.56 Å². The maximum absolute atomic E-state index is 10.5. The van der Waals surface area contributed by atoms with Crippen molar-refractivity contribution in [2.24, 2.45) is 0 Å². The summed E-state index contributed by atoms with van der Waals surface area (Å²) < 4.78 is 0. The van der Waals surface area contributed by atoms with Crippen molar-refractivity contribution in [3.05, 3.63) is 23.8 Å². The fraction of sp³-hybridized carbons (Fsp3) is 0.222. The second kappa shape index (κ2) is 3.76. The van der Waals surface area contributed by atoms with E-state index >= 15 is 0 Å². The third-order valence-corrected chi connectivity index (χ3v) is 1.74. The molecule has 2 N–H and O–H groups in total. The molecule has 0 aliphatic carbocycles. The molecule has 0 amide bonds. The average molecular weight is 164 g/mol. The molecular weight excluding hydrogens is 152 g/mol. The van der Waals surface area contributed by atoms with Gasteiger partial charge < -0.3 is 10.6 Å². The summed E-state index contributed by atoms with van der Waals surface area (Å²) >= 11 is 0. The van der Waals surface area contributed by atoms with Gasteiger partial charge in [0, 0.05) is 31.0 Å². The highest BCUT2D eigenvalue weighted by Crippen LogP contribution is 2.18. The molecule has 0 bridgehead atoms. The Labute approximate surface area is 71.8 Å². The monoisotopic (exact) mass is 164 g/mol. The summed E-state index contributed by atoms with van der Waals surface area (Å²) in [5.74, 6) is 0. The highest BCUT2D eigenvalue weighted by atomic mass is 16.1. The molecule has 0 aromatic heterocycles. The number of aldehydes is 1. The lowest BCUT2D eigenvalue weighted by atomic mass is 10.2. The summed E-state index contributed by atoms with van der Waals surface area (Å²) in [5.41, 5.74) is 2.51. The third-order valence-electron chi connectivity index (χ3n) is 1.74. The first-order valence-corrected chi connectivity index (χ1v) is 3.76. The average Bonchev–Trinajstić information content (AvgIpc) is 2.16. The molecule has 1 aromatic rings. The number of anilines is 2. The van der Waals surface area contributed by atoms with Crippen molar-refractivity contribution in [1.82, 2.24) is 0 Å². The third kappa shape index (κ3) is 1.56. The summed E-state index contributed by atoms with van der Waals surface area (Å²) in [6.45, 7) is 0. The van der Waals surface area contributed by atoms with E-state index in [9.17, 15) is 4.79 Å². The van der Waals surface area contributed by atoms with Crippen LogP contribution in [0.1, 0.15) is 10.4 Å². The number of nitrogens with one attached hydrogen (secondary N) is 2. The zero-order chi connectivity index (χ0) is 8.97. The van der Waals surface area contributed by atoms with Gasteiger partial charge in [-0.05, 0) is 18.2 Å². The quantitative estimate of drug-likeness (QED) is 0.666. The van der Waals surface area contributed by atoms with Crippen molar-refractivity contribution in [3.8, 4) is 0 Å². The van der Waals surface area contributed by atoms with Crippen molar-refractivity contribution in [2.75, 3.05) is 24.7 Å². The van der Waals surface area contributed by atoms with Crippen LogP contribution in [0.4, 0.5) is 11.4 Å². The smallest absolute Gasteiger partial charge is 0.152 e. The summed E-state index contributed by atoms with van der Waals surface area (Å²) in [5, 5.41) is 5.95. The molecule has 0 radical (unpaired) electrons. The van der Waals surface area contributed by atoms with Gasteiger partial charge in [-0.2, -0.15) is 0 Å². The summed E-state index contributed by atoms with van der Waals surface area (Å²) in [4.78, 5) is 10.5. The highest BCUT2D eigenvalue weighted by molar-refractivity contribution is 5.85. The van der Waals surface area contributed by atoms with Crippen molar-refractivity contribution < 1.29 is 4.79 Å². The van der Waals surface area contributed by atoms with Crippen LogP contribution in [0.5, 0.6) is 0 Å². The van der Waals surface area contributed by atoms with E-state index in [4.69, 9.17) is 0 Å². The van der Waals surface area contributed by atoms with Crippen molar-refractivity contribution in [3.63, 3.8) is 0 Å². The number of hydrogen-bond acceptors (Lipinski definition) is 3. The molecule has 0 aliphatic rings. The summed E-state index contributed by atoms with van der Waals surface area (Å²) in [6, 6.07) is 5.54. The van der Waals surface area contributed by atoms with E-state index in [1.165, 1.54) is 0 Å². The topological polar surface area (TPSA) is 41.1 Å². The van der Waals surface area contributed by atoms with E-state index in [2.05, 4.69) is 10.6 Å². The van der Waals surface area contributed by atoms with Crippen molar-refractivity contribution in [1.29, 1.82) is 0 Å². The van der Waals surface area contributed by atoms with Crippen LogP contribution in [-0.2, 0) is 0 Å². The fourth-order valence-corrected chi connectivity index (χ4v) is 1.03. The van der Waals surface area contributed by atoms with Crippen LogP contribution < -0.4 is 10.6 Å². The van der Waals surface area contributed by atoms with Gasteiger partial charge in [-0.1, -0.05) is 0 Å². The number of benzene rings is 1. The molecule has 1 rings (SSSR count). The van der Waals surface area contributed by atoms with Gasteiger partial charge in [-0.15, -0.1) is 0 Å². The van der Waals surface area contributed by atoms with Crippen LogP contribution >= 0.6 is 0 Å². The SMILES string of the molecule is CNc1ccc(C=O)c(NC)c1. The number of carbonyl (C=O) groups is 1. The maximum Gasteiger partial charge on any atom is 0.152 e. The van der Waals surface area contributed by atoms with Gasteiger partial charge >= 0.3 is 0 Å². The molecule has 0 atom stereocenters. The lowest BCUT2D eigenvalue weighted by Crippen LogP contribution is -1.96. The molecule has 0 unspecified atom stereocenters. The van der Waals surface area contributed by atoms with Crippen molar-refractivity contribution >= 4 is 17.7 Å². The molecule has 64 valence electrons. The second-order valence-corrected chi connectivity index (χ2v) is 2.42. The molecule has 0 spiro atoms. The van der Waals surface area contributed by atoms with Gasteiger partial charge in [0.25, 0.3) is 0 Å². The molecule has 3 nitrogen and oxygen atoms in total. The fourth-order valence-electron chi connectivity index (χ4n) is 1.03. The van der Waals surface area contributed by atoms with Gasteiger partial charge in [0.05, 0.1) is 0 Å². The van der Waals surface area contributed by atoms with Crippen LogP contribution in [0, 0.1) is 0 Å². The Morgan fingerprint density at radius 1 is 1.25 bits per heavy atom. The molecule has 1 aromatic carbocycles. The summed E-state index contributed by atoms with van der Waals surface area (Å²) in [7, 11) is 3.64. The maximum atomic E-state index is 10.5. The largest absolute Gasteiger partial charge is 0.388 e. The van der Waals surface area contributed by atoms with Gasteiger partial charge in [0.15, 0.2) is 6.29 Å². The van der Waals surface area contributed by atoms with Gasteiger partial charge in [-0.3, -0.25) is 4.79 Å². The summed E-state index contributed by atoms with van der Waals surface area (Å²) in [6.07, 6.45) is 0.839. The Hall–Kier alpha value is -1.51. The molecule has 0 heterocycles. The molecule has 0 saturated carbocycles. The Morgan fingerprint density at radius 2 is 2.00 bits per heavy atom. The van der Waals surface area contributed by atoms with Gasteiger partial charge in [0.1, 0.15) is 0 Å². The van der Waals surface area contributed by atoms with E-state index < -0.39 is 0 Å². The lowest BCUT2D eigenvalue weighted by Gasteiger charge is -2.06. The van der Waals surface area contributed by atoms with Crippen LogP contribution in [0.25, 0.3) is 0 Å². The lowest BCUT2D eigenvalue weighted by molar-refractivity contribution is 0.112. The predicted octanol–water partition coefficient (Wildman–Crippen LogP) is 1.58. The van der Waals surface area contributed by atoms with E-state index in [0.717, 1.165) is 17.7 Å². The Bertz CT molecular complexity index is 284. The number of carbonyl (C=O) groups excluding carboxylic acids is 1. The number of hydrogen-bond donors (Lipinski definition) is 2. The molecule has 3 heteroatoms. The van der Waals surface area contributed by atoms with Crippen LogP contribution in [0.2, 0.25) is 0 Å². The normalized spacial score (nSPS) is 9.17.